The minimum absolute atomic E-state index is 0.0543. The highest BCUT2D eigenvalue weighted by Gasteiger charge is 2.35. The molecule has 2 rings (SSSR count). The standard InChI is InChI=1S/C29H40N4O5/c1-6-18(3)24(30)28(36)33(5)23(17-20-13-9-8-10-14-20)26(34)32-25(19(4)7-2)27(35)31-22-16-12-11-15-21(22)29(37)38/h8-16,18-19,23-25H,6-7,17,30H2,1-5H3,(H,31,35)(H,32,34)(H,37,38)/t18-,19-,23-,24+,25+/m1/s1. The van der Waals surface area contributed by atoms with E-state index in [4.69, 9.17) is 5.73 Å². The molecule has 0 aliphatic carbocycles. The van der Waals surface area contributed by atoms with E-state index in [0.717, 1.165) is 5.56 Å². The van der Waals surface area contributed by atoms with E-state index in [1.54, 1.807) is 19.2 Å². The molecular weight excluding hydrogens is 484 g/mol. The lowest BCUT2D eigenvalue weighted by Gasteiger charge is -2.33. The van der Waals surface area contributed by atoms with Crippen LogP contribution in [0.25, 0.3) is 0 Å². The molecule has 0 saturated carbocycles. The first kappa shape index (κ1) is 30.5. The number of nitrogens with two attached hydrogens (primary N) is 1. The zero-order chi connectivity index (χ0) is 28.4. The predicted octanol–water partition coefficient (Wildman–Crippen LogP) is 3.30. The number of carboxylic acids is 1. The first-order valence-corrected chi connectivity index (χ1v) is 13.0. The third-order valence-electron chi connectivity index (χ3n) is 7.14. The van der Waals surface area contributed by atoms with Gasteiger partial charge in [0.2, 0.25) is 17.7 Å². The van der Waals surface area contributed by atoms with Crippen molar-refractivity contribution in [3.8, 4) is 0 Å². The van der Waals surface area contributed by atoms with Crippen molar-refractivity contribution in [3.05, 3.63) is 65.7 Å². The largest absolute Gasteiger partial charge is 0.478 e. The number of carboxylic acid groups (broad SMARTS) is 1. The third kappa shape index (κ3) is 7.89. The molecule has 0 radical (unpaired) electrons. The Hall–Kier alpha value is -3.72. The molecule has 0 aromatic heterocycles. The van der Waals surface area contributed by atoms with Gasteiger partial charge in [-0.3, -0.25) is 14.4 Å². The molecule has 5 atom stereocenters. The summed E-state index contributed by atoms with van der Waals surface area (Å²) in [5.74, 6) is -2.89. The molecule has 0 fully saturated rings. The van der Waals surface area contributed by atoms with Gasteiger partial charge in [-0.05, 0) is 29.5 Å². The number of anilines is 1. The number of rotatable bonds is 13. The van der Waals surface area contributed by atoms with E-state index < -0.39 is 35.9 Å². The SMILES string of the molecule is CC[C@@H](C)[C@H](N)C(=O)N(C)[C@H](Cc1ccccc1)C(=O)N[C@H](C(=O)Nc1ccccc1C(=O)O)[C@H](C)CC. The molecule has 2 aromatic carbocycles. The summed E-state index contributed by atoms with van der Waals surface area (Å²) in [6.45, 7) is 7.56. The van der Waals surface area contributed by atoms with Crippen LogP contribution in [0.15, 0.2) is 54.6 Å². The number of carbonyl (C=O) groups excluding carboxylic acids is 3. The number of nitrogens with one attached hydrogen (secondary N) is 2. The lowest BCUT2D eigenvalue weighted by Crippen LogP contribution is -2.58. The van der Waals surface area contributed by atoms with Crippen LogP contribution in [0, 0.1) is 11.8 Å². The van der Waals surface area contributed by atoms with Crippen LogP contribution in [0.2, 0.25) is 0 Å². The van der Waals surface area contributed by atoms with E-state index in [1.807, 2.05) is 58.0 Å². The molecule has 38 heavy (non-hydrogen) atoms. The van der Waals surface area contributed by atoms with Crippen molar-refractivity contribution in [3.63, 3.8) is 0 Å². The first-order chi connectivity index (χ1) is 18.0. The highest BCUT2D eigenvalue weighted by Crippen LogP contribution is 2.19. The Morgan fingerprint density at radius 3 is 2.05 bits per heavy atom. The molecule has 5 N–H and O–H groups in total. The summed E-state index contributed by atoms with van der Waals surface area (Å²) in [5, 5.41) is 15.0. The molecule has 206 valence electrons. The zero-order valence-corrected chi connectivity index (χ0v) is 22.8. The van der Waals surface area contributed by atoms with Crippen LogP contribution >= 0.6 is 0 Å². The summed E-state index contributed by atoms with van der Waals surface area (Å²) >= 11 is 0. The maximum absolute atomic E-state index is 13.7. The van der Waals surface area contributed by atoms with Crippen LogP contribution in [0.1, 0.15) is 56.5 Å². The average Bonchev–Trinajstić information content (AvgIpc) is 2.92. The van der Waals surface area contributed by atoms with Gasteiger partial charge in [-0.1, -0.05) is 83.0 Å². The Morgan fingerprint density at radius 2 is 1.47 bits per heavy atom. The molecule has 0 saturated heterocycles. The van der Waals surface area contributed by atoms with Crippen LogP contribution < -0.4 is 16.4 Å². The van der Waals surface area contributed by atoms with Gasteiger partial charge >= 0.3 is 5.97 Å². The number of benzene rings is 2. The van der Waals surface area contributed by atoms with E-state index in [-0.39, 0.29) is 35.4 Å². The Bertz CT molecular complexity index is 1110. The second kappa shape index (κ2) is 14.3. The van der Waals surface area contributed by atoms with Crippen LogP contribution in [-0.4, -0.2) is 58.9 Å². The highest BCUT2D eigenvalue weighted by molar-refractivity contribution is 6.03. The van der Waals surface area contributed by atoms with E-state index in [2.05, 4.69) is 10.6 Å². The van der Waals surface area contributed by atoms with Crippen molar-refractivity contribution in [2.45, 2.75) is 65.1 Å². The molecule has 0 aliphatic heterocycles. The summed E-state index contributed by atoms with van der Waals surface area (Å²) < 4.78 is 0. The van der Waals surface area contributed by atoms with E-state index in [0.29, 0.717) is 12.8 Å². The molecule has 3 amide bonds. The molecule has 9 heteroatoms. The number of aromatic carboxylic acids is 1. The molecule has 0 aliphatic rings. The fourth-order valence-corrected chi connectivity index (χ4v) is 4.07. The van der Waals surface area contributed by atoms with Gasteiger partial charge in [0.05, 0.1) is 17.3 Å². The van der Waals surface area contributed by atoms with E-state index in [1.165, 1.54) is 17.0 Å². The number of para-hydroxylation sites is 1. The summed E-state index contributed by atoms with van der Waals surface area (Å²) in [6, 6.07) is 12.8. The van der Waals surface area contributed by atoms with Gasteiger partial charge in [-0.2, -0.15) is 0 Å². The Labute approximate surface area is 224 Å². The Kier molecular flexibility index (Phi) is 11.5. The van der Waals surface area contributed by atoms with Crippen molar-refractivity contribution in [1.82, 2.24) is 10.2 Å². The van der Waals surface area contributed by atoms with Gasteiger partial charge in [0, 0.05) is 13.5 Å². The molecule has 0 bridgehead atoms. The molecule has 9 nitrogen and oxygen atoms in total. The maximum Gasteiger partial charge on any atom is 0.337 e. The van der Waals surface area contributed by atoms with E-state index >= 15 is 0 Å². The lowest BCUT2D eigenvalue weighted by atomic mass is 9.95. The first-order valence-electron chi connectivity index (χ1n) is 13.0. The Balaban J connectivity index is 2.35. The van der Waals surface area contributed by atoms with Crippen molar-refractivity contribution in [1.29, 1.82) is 0 Å². The zero-order valence-electron chi connectivity index (χ0n) is 22.8. The van der Waals surface area contributed by atoms with Crippen LogP contribution in [0.5, 0.6) is 0 Å². The number of amides is 3. The number of likely N-dealkylation sites (N-methyl/N-ethyl adjacent to an activating group) is 1. The molecular formula is C29H40N4O5. The average molecular weight is 525 g/mol. The van der Waals surface area contributed by atoms with Crippen molar-refractivity contribution in [2.24, 2.45) is 17.6 Å². The van der Waals surface area contributed by atoms with Crippen molar-refractivity contribution in [2.75, 3.05) is 12.4 Å². The fourth-order valence-electron chi connectivity index (χ4n) is 4.07. The Morgan fingerprint density at radius 1 is 0.895 bits per heavy atom. The summed E-state index contributed by atoms with van der Waals surface area (Å²) in [4.78, 5) is 53.2. The summed E-state index contributed by atoms with van der Waals surface area (Å²) in [7, 11) is 1.55. The van der Waals surface area contributed by atoms with Gasteiger partial charge in [0.25, 0.3) is 0 Å². The molecule has 2 aromatic rings. The van der Waals surface area contributed by atoms with Gasteiger partial charge in [-0.25, -0.2) is 4.79 Å². The van der Waals surface area contributed by atoms with Gasteiger partial charge in [-0.15, -0.1) is 0 Å². The quantitative estimate of drug-likeness (QED) is 0.317. The van der Waals surface area contributed by atoms with Gasteiger partial charge < -0.3 is 26.4 Å². The number of hydrogen-bond acceptors (Lipinski definition) is 5. The van der Waals surface area contributed by atoms with Gasteiger partial charge in [0.1, 0.15) is 12.1 Å². The normalized spacial score (nSPS) is 14.9. The number of nitrogens with zero attached hydrogens (tertiary/aromatic N) is 1. The van der Waals surface area contributed by atoms with Crippen molar-refractivity contribution >= 4 is 29.4 Å². The number of hydrogen-bond donors (Lipinski definition) is 4. The van der Waals surface area contributed by atoms with Gasteiger partial charge in [0.15, 0.2) is 0 Å². The monoisotopic (exact) mass is 524 g/mol. The predicted molar refractivity (Wildman–Crippen MR) is 148 cm³/mol. The van der Waals surface area contributed by atoms with Crippen LogP contribution in [0.3, 0.4) is 0 Å². The number of carbonyl (C=O) groups is 4. The minimum atomic E-state index is -1.18. The van der Waals surface area contributed by atoms with E-state index in [9.17, 15) is 24.3 Å². The lowest BCUT2D eigenvalue weighted by molar-refractivity contribution is -0.141. The fraction of sp³-hybridized carbons (Fsp3) is 0.448. The third-order valence-corrected chi connectivity index (χ3v) is 7.14. The smallest absolute Gasteiger partial charge is 0.337 e. The summed E-state index contributed by atoms with van der Waals surface area (Å²) in [6.07, 6.45) is 1.53. The second-order valence-corrected chi connectivity index (χ2v) is 9.78. The summed E-state index contributed by atoms with van der Waals surface area (Å²) in [5.41, 5.74) is 7.15. The van der Waals surface area contributed by atoms with Crippen molar-refractivity contribution < 1.29 is 24.3 Å². The topological polar surface area (TPSA) is 142 Å². The molecule has 0 unspecified atom stereocenters. The molecule has 0 spiro atoms. The minimum Gasteiger partial charge on any atom is -0.478 e. The molecule has 0 heterocycles. The van der Waals surface area contributed by atoms with Crippen LogP contribution in [-0.2, 0) is 20.8 Å². The second-order valence-electron chi connectivity index (χ2n) is 9.78. The van der Waals surface area contributed by atoms with Crippen LogP contribution in [0.4, 0.5) is 5.69 Å². The maximum atomic E-state index is 13.7. The highest BCUT2D eigenvalue weighted by atomic mass is 16.4.